The van der Waals surface area contributed by atoms with Gasteiger partial charge in [-0.3, -0.25) is 6.08 Å². The summed E-state index contributed by atoms with van der Waals surface area (Å²) in [5.74, 6) is 0. The van der Waals surface area contributed by atoms with Crippen molar-refractivity contribution in [1.82, 2.24) is 0 Å². The molecule has 0 heterocycles. The van der Waals surface area contributed by atoms with Crippen LogP contribution in [0.5, 0.6) is 0 Å². The molecule has 0 nitrogen and oxygen atoms in total. The Morgan fingerprint density at radius 2 is 1.65 bits per heavy atom. The molecule has 0 spiro atoms. The second-order valence-electron chi connectivity index (χ2n) is 5.70. The topological polar surface area (TPSA) is 0 Å². The van der Waals surface area contributed by atoms with Crippen LogP contribution >= 0.6 is 0 Å². The van der Waals surface area contributed by atoms with E-state index in [1.165, 1.54) is 30.4 Å². The minimum atomic E-state index is 0. The summed E-state index contributed by atoms with van der Waals surface area (Å²) in [6.07, 6.45) is 16.9. The monoisotopic (exact) mass is 220 g/mol. The predicted octanol–water partition coefficient (Wildman–Crippen LogP) is 1.76. The van der Waals surface area contributed by atoms with Crippen molar-refractivity contribution in [3.8, 4) is 0 Å². The molecule has 17 heavy (non-hydrogen) atoms. The summed E-state index contributed by atoms with van der Waals surface area (Å²) in [5, 5.41) is 0. The van der Waals surface area contributed by atoms with Gasteiger partial charge in [-0.15, -0.1) is 12.0 Å². The minimum Gasteiger partial charge on any atom is -0.275 e. The van der Waals surface area contributed by atoms with E-state index in [9.17, 15) is 0 Å². The molecule has 0 bridgehead atoms. The number of allylic oxidation sites excluding steroid dienone is 8. The van der Waals surface area contributed by atoms with E-state index in [1.54, 1.807) is 5.57 Å². The van der Waals surface area contributed by atoms with Crippen molar-refractivity contribution in [2.75, 3.05) is 0 Å². The molecule has 0 fully saturated rings. The quantitative estimate of drug-likeness (QED) is 0.466. The maximum Gasteiger partial charge on any atom is 1.00 e. The van der Waals surface area contributed by atoms with E-state index in [4.69, 9.17) is 0 Å². The molecule has 2 aliphatic rings. The van der Waals surface area contributed by atoms with Crippen LogP contribution in [0, 0.1) is 11.5 Å². The third-order valence-corrected chi connectivity index (χ3v) is 3.47. The van der Waals surface area contributed by atoms with E-state index in [1.807, 2.05) is 0 Å². The van der Waals surface area contributed by atoms with Crippen molar-refractivity contribution < 1.29 is 18.9 Å². The largest absolute Gasteiger partial charge is 1.00 e. The van der Waals surface area contributed by atoms with Crippen LogP contribution < -0.4 is 18.9 Å². The van der Waals surface area contributed by atoms with Crippen LogP contribution in [0.2, 0.25) is 0 Å². The minimum absolute atomic E-state index is 0. The number of hydrogen-bond donors (Lipinski definition) is 0. The summed E-state index contributed by atoms with van der Waals surface area (Å²) in [4.78, 5) is 0. The van der Waals surface area contributed by atoms with Crippen LogP contribution in [0.3, 0.4) is 0 Å². The van der Waals surface area contributed by atoms with Crippen LogP contribution in [0.4, 0.5) is 0 Å². The van der Waals surface area contributed by atoms with Crippen LogP contribution in [0.15, 0.2) is 41.0 Å². The molecule has 0 unspecified atom stereocenters. The van der Waals surface area contributed by atoms with E-state index in [2.05, 4.69) is 51.2 Å². The third-order valence-electron chi connectivity index (χ3n) is 3.47. The maximum absolute atomic E-state index is 3.24. The average molecular weight is 220 g/mol. The first-order valence-corrected chi connectivity index (χ1v) is 6.24. The molecule has 0 aromatic carbocycles. The summed E-state index contributed by atoms with van der Waals surface area (Å²) in [6, 6.07) is 0. The summed E-state index contributed by atoms with van der Waals surface area (Å²) in [5.41, 5.74) is 4.96. The Morgan fingerprint density at radius 1 is 0.941 bits per heavy atom. The molecule has 1 heteroatoms. The molecule has 0 saturated carbocycles. The van der Waals surface area contributed by atoms with E-state index >= 15 is 0 Å². The fourth-order valence-corrected chi connectivity index (χ4v) is 2.33. The molecule has 0 aromatic heterocycles. The summed E-state index contributed by atoms with van der Waals surface area (Å²) in [6.45, 7) is 6.90. The first-order valence-electron chi connectivity index (χ1n) is 6.24. The molecule has 0 aliphatic heterocycles. The SMILES string of the molecule is CC(C)(C)C1=CC=C(C2=CC=[C-]CC2)CC1.[Li+]. The molecule has 0 saturated heterocycles. The van der Waals surface area contributed by atoms with Gasteiger partial charge in [0.25, 0.3) is 0 Å². The fourth-order valence-electron chi connectivity index (χ4n) is 2.33. The molecule has 86 valence electrons. The smallest absolute Gasteiger partial charge is 0.275 e. The second kappa shape index (κ2) is 5.94. The molecule has 0 aromatic rings. The van der Waals surface area contributed by atoms with Gasteiger partial charge in [-0.1, -0.05) is 50.5 Å². The zero-order valence-electron chi connectivity index (χ0n) is 11.6. The zero-order chi connectivity index (χ0) is 11.6. The van der Waals surface area contributed by atoms with Crippen molar-refractivity contribution in [2.45, 2.75) is 46.5 Å². The third kappa shape index (κ3) is 3.77. The fraction of sp³-hybridized carbons (Fsp3) is 0.500. The Morgan fingerprint density at radius 3 is 2.12 bits per heavy atom. The van der Waals surface area contributed by atoms with Gasteiger partial charge < -0.3 is 0 Å². The zero-order valence-corrected chi connectivity index (χ0v) is 11.6. The van der Waals surface area contributed by atoms with Gasteiger partial charge in [0.1, 0.15) is 0 Å². The van der Waals surface area contributed by atoms with Crippen molar-refractivity contribution in [3.63, 3.8) is 0 Å². The molecular weight excluding hydrogens is 199 g/mol. The van der Waals surface area contributed by atoms with Gasteiger partial charge in [-0.25, -0.2) is 12.2 Å². The van der Waals surface area contributed by atoms with E-state index in [0.29, 0.717) is 5.41 Å². The summed E-state index contributed by atoms with van der Waals surface area (Å²) in [7, 11) is 0. The normalized spacial score (nSPS) is 20.1. The Bertz CT molecular complexity index is 386. The van der Waals surface area contributed by atoms with Crippen LogP contribution in [-0.2, 0) is 0 Å². The van der Waals surface area contributed by atoms with E-state index in [0.717, 1.165) is 6.42 Å². The van der Waals surface area contributed by atoms with Gasteiger partial charge in [0.05, 0.1) is 0 Å². The molecule has 0 N–H and O–H groups in total. The molecule has 0 atom stereocenters. The van der Waals surface area contributed by atoms with Crippen molar-refractivity contribution in [3.05, 3.63) is 47.1 Å². The summed E-state index contributed by atoms with van der Waals surface area (Å²) >= 11 is 0. The Hall–Kier alpha value is -0.443. The first-order chi connectivity index (χ1) is 7.57. The van der Waals surface area contributed by atoms with Gasteiger partial charge in [0.15, 0.2) is 0 Å². The molecule has 2 aliphatic carbocycles. The van der Waals surface area contributed by atoms with Crippen molar-refractivity contribution in [1.29, 1.82) is 0 Å². The van der Waals surface area contributed by atoms with Crippen molar-refractivity contribution in [2.24, 2.45) is 5.41 Å². The van der Waals surface area contributed by atoms with Gasteiger partial charge in [-0.2, -0.15) is 0 Å². The Kier molecular flexibility index (Phi) is 5.11. The first kappa shape index (κ1) is 14.6. The van der Waals surface area contributed by atoms with E-state index in [-0.39, 0.29) is 18.9 Å². The van der Waals surface area contributed by atoms with Gasteiger partial charge in [-0.05, 0) is 18.3 Å². The van der Waals surface area contributed by atoms with Crippen LogP contribution in [0.25, 0.3) is 0 Å². The predicted molar refractivity (Wildman–Crippen MR) is 70.0 cm³/mol. The Balaban J connectivity index is 0.00000144. The maximum atomic E-state index is 3.24. The summed E-state index contributed by atoms with van der Waals surface area (Å²) < 4.78 is 0. The number of hydrogen-bond acceptors (Lipinski definition) is 0. The molecule has 2 rings (SSSR count). The molecule has 0 amide bonds. The second-order valence-corrected chi connectivity index (χ2v) is 5.70. The Labute approximate surface area is 118 Å². The molecule has 0 radical (unpaired) electrons. The van der Waals surface area contributed by atoms with Gasteiger partial charge in [0, 0.05) is 0 Å². The van der Waals surface area contributed by atoms with Gasteiger partial charge in [0.2, 0.25) is 0 Å². The molecular formula is C16H21Li. The average Bonchev–Trinajstić information content (AvgIpc) is 2.29. The van der Waals surface area contributed by atoms with Crippen molar-refractivity contribution >= 4 is 0 Å². The van der Waals surface area contributed by atoms with Gasteiger partial charge >= 0.3 is 18.9 Å². The van der Waals surface area contributed by atoms with Crippen LogP contribution in [0.1, 0.15) is 46.5 Å². The standard InChI is InChI=1S/C16H21.Li/c1-16(2,3)15-11-9-14(10-12-15)13-7-5-4-6-8-13;/h5,7,9,11H,6,8,10,12H2,1-3H3;/q-1;+1. The van der Waals surface area contributed by atoms with E-state index < -0.39 is 0 Å². The number of rotatable bonds is 1. The van der Waals surface area contributed by atoms with Crippen LogP contribution in [-0.4, -0.2) is 0 Å².